The molecule has 0 radical (unpaired) electrons. The molecule has 0 fully saturated rings. The van der Waals surface area contributed by atoms with Crippen LogP contribution in [0.15, 0.2) is 30.9 Å². The summed E-state index contributed by atoms with van der Waals surface area (Å²) in [5.74, 6) is -0.0123. The SMILES string of the molecule is C=CC(C)(CCOC)C(=O)N1CCc2ccc([N+](=O)[O-])cc2C1. The average molecular weight is 318 g/mol. The molecule has 2 rings (SSSR count). The Morgan fingerprint density at radius 3 is 2.87 bits per heavy atom. The van der Waals surface area contributed by atoms with Gasteiger partial charge in [0.15, 0.2) is 0 Å². The lowest BCUT2D eigenvalue weighted by Crippen LogP contribution is -2.44. The second-order valence-electron chi connectivity index (χ2n) is 6.05. The van der Waals surface area contributed by atoms with Gasteiger partial charge in [-0.2, -0.15) is 0 Å². The number of methoxy groups -OCH3 is 1. The number of benzene rings is 1. The molecule has 1 unspecified atom stereocenters. The lowest BCUT2D eigenvalue weighted by Gasteiger charge is -2.35. The average Bonchev–Trinajstić information content (AvgIpc) is 2.57. The largest absolute Gasteiger partial charge is 0.385 e. The van der Waals surface area contributed by atoms with Crippen molar-refractivity contribution in [2.45, 2.75) is 26.3 Å². The first-order chi connectivity index (χ1) is 10.9. The first-order valence-electron chi connectivity index (χ1n) is 7.59. The van der Waals surface area contributed by atoms with Crippen molar-refractivity contribution in [2.24, 2.45) is 5.41 Å². The Labute approximate surface area is 135 Å². The maximum atomic E-state index is 12.9. The Kier molecular flexibility index (Phi) is 5.15. The summed E-state index contributed by atoms with van der Waals surface area (Å²) in [6.07, 6.45) is 2.93. The highest BCUT2D eigenvalue weighted by atomic mass is 16.6. The molecule has 0 bridgehead atoms. The van der Waals surface area contributed by atoms with Crippen LogP contribution in [0, 0.1) is 15.5 Å². The van der Waals surface area contributed by atoms with Crippen molar-refractivity contribution in [2.75, 3.05) is 20.3 Å². The molecular weight excluding hydrogens is 296 g/mol. The van der Waals surface area contributed by atoms with Crippen LogP contribution >= 0.6 is 0 Å². The van der Waals surface area contributed by atoms with Crippen molar-refractivity contribution < 1.29 is 14.5 Å². The standard InChI is InChI=1S/C17H22N2O4/c1-4-17(2,8-10-23-3)16(20)18-9-7-13-5-6-15(19(21)22)11-14(13)12-18/h4-6,11H,1,7-10,12H2,2-3H3. The molecule has 1 aliphatic rings. The monoisotopic (exact) mass is 318 g/mol. The second-order valence-corrected chi connectivity index (χ2v) is 6.05. The van der Waals surface area contributed by atoms with Crippen molar-refractivity contribution in [1.82, 2.24) is 4.90 Å². The van der Waals surface area contributed by atoms with Gasteiger partial charge in [-0.1, -0.05) is 12.1 Å². The van der Waals surface area contributed by atoms with E-state index >= 15 is 0 Å². The highest BCUT2D eigenvalue weighted by Crippen LogP contribution is 2.30. The molecular formula is C17H22N2O4. The molecule has 1 atom stereocenters. The van der Waals surface area contributed by atoms with Gasteiger partial charge in [-0.3, -0.25) is 14.9 Å². The van der Waals surface area contributed by atoms with E-state index in [1.54, 1.807) is 30.2 Å². The molecule has 0 saturated carbocycles. The number of fused-ring (bicyclic) bond motifs is 1. The summed E-state index contributed by atoms with van der Waals surface area (Å²) in [5.41, 5.74) is 1.28. The molecule has 0 saturated heterocycles. The molecule has 1 aromatic carbocycles. The minimum absolute atomic E-state index is 0.0123. The zero-order chi connectivity index (χ0) is 17.0. The summed E-state index contributed by atoms with van der Waals surface area (Å²) >= 11 is 0. The Morgan fingerprint density at radius 1 is 1.52 bits per heavy atom. The molecule has 6 heteroatoms. The van der Waals surface area contributed by atoms with Gasteiger partial charge < -0.3 is 9.64 Å². The lowest BCUT2D eigenvalue weighted by molar-refractivity contribution is -0.385. The van der Waals surface area contributed by atoms with Gasteiger partial charge in [0.05, 0.1) is 10.3 Å². The van der Waals surface area contributed by atoms with E-state index in [0.717, 1.165) is 11.1 Å². The zero-order valence-corrected chi connectivity index (χ0v) is 13.6. The van der Waals surface area contributed by atoms with E-state index in [0.29, 0.717) is 32.5 Å². The number of carbonyl (C=O) groups excluding carboxylic acids is 1. The Hall–Kier alpha value is -2.21. The minimum atomic E-state index is -0.686. The zero-order valence-electron chi connectivity index (χ0n) is 13.6. The van der Waals surface area contributed by atoms with Gasteiger partial charge in [0.2, 0.25) is 5.91 Å². The molecule has 1 aromatic rings. The maximum absolute atomic E-state index is 12.9. The Balaban J connectivity index is 2.20. The molecule has 0 aromatic heterocycles. The third kappa shape index (κ3) is 3.59. The number of carbonyl (C=O) groups is 1. The topological polar surface area (TPSA) is 72.7 Å². The van der Waals surface area contributed by atoms with Crippen LogP contribution in [-0.4, -0.2) is 36.0 Å². The van der Waals surface area contributed by atoms with Crippen molar-refractivity contribution in [3.63, 3.8) is 0 Å². The summed E-state index contributed by atoms with van der Waals surface area (Å²) in [5, 5.41) is 10.9. The van der Waals surface area contributed by atoms with E-state index in [2.05, 4.69) is 6.58 Å². The molecule has 124 valence electrons. The fourth-order valence-electron chi connectivity index (χ4n) is 2.80. The smallest absolute Gasteiger partial charge is 0.269 e. The third-order valence-corrected chi connectivity index (χ3v) is 4.46. The van der Waals surface area contributed by atoms with Crippen LogP contribution in [0.3, 0.4) is 0 Å². The number of non-ortho nitro benzene ring substituents is 1. The molecule has 0 spiro atoms. The van der Waals surface area contributed by atoms with Gasteiger partial charge in [0, 0.05) is 38.9 Å². The van der Waals surface area contributed by atoms with E-state index in [4.69, 9.17) is 4.74 Å². The van der Waals surface area contributed by atoms with Gasteiger partial charge in [0.25, 0.3) is 5.69 Å². The predicted molar refractivity (Wildman–Crippen MR) is 87.0 cm³/mol. The first kappa shape index (κ1) is 17.1. The number of hydrogen-bond acceptors (Lipinski definition) is 4. The number of hydrogen-bond donors (Lipinski definition) is 0. The molecule has 1 aliphatic heterocycles. The van der Waals surface area contributed by atoms with E-state index in [1.807, 2.05) is 6.92 Å². The molecule has 6 nitrogen and oxygen atoms in total. The Bertz CT molecular complexity index is 629. The maximum Gasteiger partial charge on any atom is 0.269 e. The van der Waals surface area contributed by atoms with E-state index in [9.17, 15) is 14.9 Å². The number of ether oxygens (including phenoxy) is 1. The van der Waals surface area contributed by atoms with Gasteiger partial charge >= 0.3 is 0 Å². The van der Waals surface area contributed by atoms with Crippen LogP contribution in [-0.2, 0) is 22.5 Å². The van der Waals surface area contributed by atoms with E-state index in [1.165, 1.54) is 6.07 Å². The summed E-state index contributed by atoms with van der Waals surface area (Å²) in [4.78, 5) is 25.1. The summed E-state index contributed by atoms with van der Waals surface area (Å²) in [6.45, 7) is 7.12. The molecule has 1 heterocycles. The quantitative estimate of drug-likeness (QED) is 0.459. The second kappa shape index (κ2) is 6.91. The number of nitro benzene ring substituents is 1. The number of nitro groups is 1. The highest BCUT2D eigenvalue weighted by molar-refractivity contribution is 5.84. The van der Waals surface area contributed by atoms with Crippen LogP contribution in [0.25, 0.3) is 0 Å². The number of amides is 1. The van der Waals surface area contributed by atoms with Crippen LogP contribution in [0.2, 0.25) is 0 Å². The fourth-order valence-corrected chi connectivity index (χ4v) is 2.80. The number of rotatable bonds is 6. The van der Waals surface area contributed by atoms with Crippen LogP contribution in [0.1, 0.15) is 24.5 Å². The van der Waals surface area contributed by atoms with Crippen molar-refractivity contribution in [3.05, 3.63) is 52.1 Å². The van der Waals surface area contributed by atoms with E-state index in [-0.39, 0.29) is 11.6 Å². The summed E-state index contributed by atoms with van der Waals surface area (Å²) < 4.78 is 5.08. The fraction of sp³-hybridized carbons (Fsp3) is 0.471. The van der Waals surface area contributed by atoms with Crippen molar-refractivity contribution in [1.29, 1.82) is 0 Å². The van der Waals surface area contributed by atoms with Crippen molar-refractivity contribution >= 4 is 11.6 Å². The summed E-state index contributed by atoms with van der Waals surface area (Å²) in [6, 6.07) is 4.87. The molecule has 23 heavy (non-hydrogen) atoms. The summed E-state index contributed by atoms with van der Waals surface area (Å²) in [7, 11) is 1.60. The van der Waals surface area contributed by atoms with Gasteiger partial charge in [0.1, 0.15) is 0 Å². The van der Waals surface area contributed by atoms with Crippen LogP contribution in [0.4, 0.5) is 5.69 Å². The van der Waals surface area contributed by atoms with Gasteiger partial charge in [-0.15, -0.1) is 6.58 Å². The van der Waals surface area contributed by atoms with Crippen LogP contribution in [0.5, 0.6) is 0 Å². The normalized spacial score (nSPS) is 16.3. The first-order valence-corrected chi connectivity index (χ1v) is 7.59. The predicted octanol–water partition coefficient (Wildman–Crippen LogP) is 2.71. The van der Waals surface area contributed by atoms with Gasteiger partial charge in [-0.25, -0.2) is 0 Å². The van der Waals surface area contributed by atoms with E-state index < -0.39 is 10.3 Å². The lowest BCUT2D eigenvalue weighted by atomic mass is 9.84. The highest BCUT2D eigenvalue weighted by Gasteiger charge is 2.35. The van der Waals surface area contributed by atoms with Gasteiger partial charge in [-0.05, 0) is 30.9 Å². The molecule has 0 N–H and O–H groups in total. The Morgan fingerprint density at radius 2 is 2.26 bits per heavy atom. The molecule has 0 aliphatic carbocycles. The van der Waals surface area contributed by atoms with Crippen LogP contribution < -0.4 is 0 Å². The number of nitrogens with zero attached hydrogens (tertiary/aromatic N) is 2. The third-order valence-electron chi connectivity index (χ3n) is 4.46. The van der Waals surface area contributed by atoms with Crippen molar-refractivity contribution in [3.8, 4) is 0 Å². The minimum Gasteiger partial charge on any atom is -0.385 e. The molecule has 1 amide bonds.